The second kappa shape index (κ2) is 11.6. The van der Waals surface area contributed by atoms with Gasteiger partial charge in [0.15, 0.2) is 34.6 Å². The van der Waals surface area contributed by atoms with Crippen molar-refractivity contribution in [1.29, 1.82) is 0 Å². The predicted molar refractivity (Wildman–Crippen MR) is 170 cm³/mol. The van der Waals surface area contributed by atoms with Gasteiger partial charge in [0.2, 0.25) is 19.3 Å². The maximum Gasteiger partial charge on any atom is 0.251 e. The molecule has 0 radical (unpaired) electrons. The van der Waals surface area contributed by atoms with Gasteiger partial charge in [0, 0.05) is 12.8 Å². The monoisotopic (exact) mass is 626 g/mol. The van der Waals surface area contributed by atoms with E-state index in [4.69, 9.17) is 40.0 Å². The second-order valence-electron chi connectivity index (χ2n) is 14.8. The van der Waals surface area contributed by atoms with Crippen LogP contribution in [0.5, 0.6) is 34.5 Å². The molecule has 3 aromatic carbocycles. The molecule has 0 unspecified atom stereocenters. The number of fused-ring (bicyclic) bond motifs is 3. The Hall–Kier alpha value is -3.32. The molecule has 1 fully saturated rings. The molecular formula is C36H44ClFO6. The minimum atomic E-state index is -0.343. The van der Waals surface area contributed by atoms with Crippen molar-refractivity contribution in [2.75, 3.05) is 13.6 Å². The number of benzene rings is 3. The highest BCUT2D eigenvalue weighted by Crippen LogP contribution is 2.49. The van der Waals surface area contributed by atoms with Crippen LogP contribution in [-0.2, 0) is 16.2 Å². The second-order valence-corrected chi connectivity index (χ2v) is 15.2. The smallest absolute Gasteiger partial charge is 0.251 e. The van der Waals surface area contributed by atoms with Gasteiger partial charge in [0.05, 0.1) is 5.02 Å². The Labute approximate surface area is 265 Å². The highest BCUT2D eigenvalue weighted by Gasteiger charge is 2.47. The van der Waals surface area contributed by atoms with Crippen LogP contribution >= 0.6 is 11.6 Å². The molecule has 0 saturated heterocycles. The third-order valence-corrected chi connectivity index (χ3v) is 8.38. The fraction of sp³-hybridized carbons (Fsp3) is 0.500. The van der Waals surface area contributed by atoms with Crippen molar-refractivity contribution in [2.45, 2.75) is 104 Å². The Bertz CT molecular complexity index is 1450. The molecule has 0 aromatic heterocycles. The van der Waals surface area contributed by atoms with Crippen molar-refractivity contribution in [3.63, 3.8) is 0 Å². The van der Waals surface area contributed by atoms with Crippen LogP contribution in [0, 0.1) is 5.82 Å². The van der Waals surface area contributed by atoms with Crippen molar-refractivity contribution in [3.05, 3.63) is 70.0 Å². The molecule has 0 amide bonds. The zero-order chi connectivity index (χ0) is 32.1. The minimum Gasteiger partial charge on any atom is -0.454 e. The summed E-state index contributed by atoms with van der Waals surface area (Å²) < 4.78 is 46.0. The van der Waals surface area contributed by atoms with Crippen LogP contribution < -0.4 is 28.4 Å². The molecule has 0 N–H and O–H groups in total. The van der Waals surface area contributed by atoms with E-state index in [2.05, 4.69) is 53.7 Å². The van der Waals surface area contributed by atoms with E-state index in [0.29, 0.717) is 16.5 Å². The van der Waals surface area contributed by atoms with Gasteiger partial charge in [0.1, 0.15) is 0 Å². The van der Waals surface area contributed by atoms with Gasteiger partial charge in [-0.25, -0.2) is 4.39 Å². The third-order valence-electron chi connectivity index (χ3n) is 8.10. The van der Waals surface area contributed by atoms with E-state index >= 15 is 0 Å². The lowest BCUT2D eigenvalue weighted by atomic mass is 9.87. The summed E-state index contributed by atoms with van der Waals surface area (Å²) in [5.41, 5.74) is 3.53. The number of rotatable bonds is 0. The zero-order valence-corrected chi connectivity index (χ0v) is 28.0. The van der Waals surface area contributed by atoms with Gasteiger partial charge in [-0.3, -0.25) is 0 Å². The van der Waals surface area contributed by atoms with Gasteiger partial charge >= 0.3 is 0 Å². The van der Waals surface area contributed by atoms with Gasteiger partial charge in [-0.2, -0.15) is 0 Å². The molecule has 0 bridgehead atoms. The first kappa shape index (κ1) is 32.1. The lowest BCUT2D eigenvalue weighted by molar-refractivity contribution is -0.138. The molecule has 1 saturated carbocycles. The highest BCUT2D eigenvalue weighted by molar-refractivity contribution is 6.32. The van der Waals surface area contributed by atoms with E-state index < -0.39 is 0 Å². The first-order valence-electron chi connectivity index (χ1n) is 15.2. The van der Waals surface area contributed by atoms with Crippen molar-refractivity contribution < 1.29 is 32.8 Å². The van der Waals surface area contributed by atoms with E-state index in [1.165, 1.54) is 18.1 Å². The summed E-state index contributed by atoms with van der Waals surface area (Å²) in [4.78, 5) is 0. The van der Waals surface area contributed by atoms with Crippen LogP contribution in [0.15, 0.2) is 42.5 Å². The summed E-state index contributed by atoms with van der Waals surface area (Å²) >= 11 is 6.08. The average Bonchev–Trinajstić information content (AvgIpc) is 3.65. The highest BCUT2D eigenvalue weighted by atomic mass is 35.5. The lowest BCUT2D eigenvalue weighted by Gasteiger charge is -2.35. The summed E-state index contributed by atoms with van der Waals surface area (Å²) in [6, 6.07) is 13.6. The maximum atomic E-state index is 13.5. The van der Waals surface area contributed by atoms with Gasteiger partial charge in [-0.15, -0.1) is 0 Å². The van der Waals surface area contributed by atoms with Crippen molar-refractivity contribution in [2.24, 2.45) is 0 Å². The summed E-state index contributed by atoms with van der Waals surface area (Å²) in [5.74, 6) is 3.35. The van der Waals surface area contributed by atoms with Crippen molar-refractivity contribution in [3.8, 4) is 34.5 Å². The van der Waals surface area contributed by atoms with Crippen LogP contribution in [0.3, 0.4) is 0 Å². The first-order chi connectivity index (χ1) is 20.5. The van der Waals surface area contributed by atoms with Crippen LogP contribution in [0.4, 0.5) is 4.39 Å². The Balaban J connectivity index is 0.000000131. The van der Waals surface area contributed by atoms with Gasteiger partial charge in [-0.05, 0) is 75.8 Å². The minimum absolute atomic E-state index is 0.0740. The predicted octanol–water partition coefficient (Wildman–Crippen LogP) is 9.85. The van der Waals surface area contributed by atoms with Gasteiger partial charge in [-0.1, -0.05) is 80.0 Å². The fourth-order valence-electron chi connectivity index (χ4n) is 5.03. The van der Waals surface area contributed by atoms with Crippen molar-refractivity contribution in [1.82, 2.24) is 0 Å². The largest absolute Gasteiger partial charge is 0.454 e. The molecular weight excluding hydrogens is 583 g/mol. The van der Waals surface area contributed by atoms with Crippen LogP contribution in [0.25, 0.3) is 0 Å². The van der Waals surface area contributed by atoms with E-state index in [1.54, 1.807) is 0 Å². The summed E-state index contributed by atoms with van der Waals surface area (Å²) in [5, 5.41) is 0.630. The molecule has 8 heteroatoms. The number of hydrogen-bond acceptors (Lipinski definition) is 6. The topological polar surface area (TPSA) is 55.4 Å². The molecule has 1 aliphatic carbocycles. The van der Waals surface area contributed by atoms with Crippen molar-refractivity contribution >= 4 is 11.6 Å². The molecule has 3 aliphatic heterocycles. The number of hydrogen-bond donors (Lipinski definition) is 0. The standard InChI is InChI=1S/C14H18O2.C11H13ClO2.C11H13FO2/c1-13(2,3)10-5-6-11-12(9-10)16-14(15-11)7-4-8-14;2*1-11(2,3)7-4-8(12)10-9(5-7)13-6-14-10/h5-6,9H,4,7-8H2,1-3H3;2*4-5H,6H2,1-3H3. The molecule has 0 atom stereocenters. The number of ether oxygens (including phenoxy) is 6. The SMILES string of the molecule is CC(C)(C)c1cc(Cl)c2c(c1)OCO2.CC(C)(C)c1cc(F)c2c(c1)OCO2.CC(C)(C)c1ccc2c(c1)OC1(CCC1)O2. The fourth-order valence-corrected chi connectivity index (χ4v) is 5.30. The molecule has 4 aliphatic rings. The van der Waals surface area contributed by atoms with Crippen LogP contribution in [-0.4, -0.2) is 19.4 Å². The molecule has 1 spiro atoms. The molecule has 44 heavy (non-hydrogen) atoms. The van der Waals surface area contributed by atoms with Gasteiger partial charge < -0.3 is 28.4 Å². The Kier molecular flexibility index (Phi) is 8.43. The van der Waals surface area contributed by atoms with E-state index in [-0.39, 0.29) is 47.2 Å². The Morgan fingerprint density at radius 3 is 1.64 bits per heavy atom. The Morgan fingerprint density at radius 1 is 0.591 bits per heavy atom. The molecule has 7 rings (SSSR count). The summed E-state index contributed by atoms with van der Waals surface area (Å²) in [6.45, 7) is 19.5. The van der Waals surface area contributed by atoms with E-state index in [9.17, 15) is 4.39 Å². The molecule has 3 heterocycles. The normalized spacial score (nSPS) is 16.9. The van der Waals surface area contributed by atoms with E-state index in [1.807, 2.05) is 45.0 Å². The third kappa shape index (κ3) is 6.83. The average molecular weight is 627 g/mol. The van der Waals surface area contributed by atoms with E-state index in [0.717, 1.165) is 41.2 Å². The molecule has 3 aromatic rings. The molecule has 238 valence electrons. The summed E-state index contributed by atoms with van der Waals surface area (Å²) in [7, 11) is 0. The maximum absolute atomic E-state index is 13.5. The van der Waals surface area contributed by atoms with Gasteiger partial charge in [0.25, 0.3) is 5.79 Å². The molecule has 6 nitrogen and oxygen atoms in total. The summed E-state index contributed by atoms with van der Waals surface area (Å²) in [6.07, 6.45) is 3.25. The zero-order valence-electron chi connectivity index (χ0n) is 27.3. The first-order valence-corrected chi connectivity index (χ1v) is 15.5. The lowest BCUT2D eigenvalue weighted by Crippen LogP contribution is -2.45. The number of halogens is 2. The quantitative estimate of drug-likeness (QED) is 0.248. The van der Waals surface area contributed by atoms with Crippen LogP contribution in [0.2, 0.25) is 5.02 Å². The van der Waals surface area contributed by atoms with Crippen LogP contribution in [0.1, 0.15) is 98.3 Å². The Morgan fingerprint density at radius 2 is 1.09 bits per heavy atom.